The van der Waals surface area contributed by atoms with Crippen molar-refractivity contribution >= 4 is 46.4 Å². The van der Waals surface area contributed by atoms with Crippen molar-refractivity contribution in [2.75, 3.05) is 18.4 Å². The van der Waals surface area contributed by atoms with Crippen LogP contribution in [0.15, 0.2) is 162 Å². The third-order valence-corrected chi connectivity index (χ3v) is 18.5. The first kappa shape index (κ1) is 65.5. The van der Waals surface area contributed by atoms with Gasteiger partial charge in [-0.2, -0.15) is 0 Å². The molecule has 19 nitrogen and oxygen atoms in total. The van der Waals surface area contributed by atoms with Crippen molar-refractivity contribution in [2.24, 2.45) is 5.11 Å². The first-order valence-corrected chi connectivity index (χ1v) is 32.3. The van der Waals surface area contributed by atoms with Crippen molar-refractivity contribution in [2.45, 2.75) is 147 Å². The minimum absolute atomic E-state index is 0.0364. The van der Waals surface area contributed by atoms with E-state index in [9.17, 15) is 33.9 Å². The number of fused-ring (bicyclic) bond motifs is 5. The van der Waals surface area contributed by atoms with Crippen LogP contribution < -0.4 is 32.1 Å². The van der Waals surface area contributed by atoms with Crippen molar-refractivity contribution in [1.82, 2.24) is 30.8 Å². The number of unbranched alkanes of at least 4 members (excludes halogenated alkanes) is 4. The molecule has 4 amide bonds. The molecule has 2 aliphatic heterocycles. The predicted molar refractivity (Wildman–Crippen MR) is 356 cm³/mol. The third-order valence-electron chi connectivity index (χ3n) is 18.5. The highest BCUT2D eigenvalue weighted by Gasteiger charge is 2.46. The number of hydrogen-bond acceptors (Lipinski definition) is 12. The number of rotatable bonds is 27. The molecule has 1 aliphatic carbocycles. The molecule has 3 aliphatic rings. The highest BCUT2D eigenvalue weighted by molar-refractivity contribution is 5.99. The fourth-order valence-electron chi connectivity index (χ4n) is 13.4. The standard InChI is InChI=1S/C74H77FN10O9/c1-4-73(92)57-41-63-67-55(43-85(63)70(89)56(57)45-93-71(73)90)66-59(37-36-54-47(3)58(75)42-61(81-67)65(54)66)83-72(91)94-44-49-30-34-53(35-31-49)79-68(87)60(82-69(88)62(40-48-20-10-7-11-21-48)80-64(86)27-16-5-6-18-39-78-84-76)26-17-19-38-77-74(50-22-12-8-13-23-50,51-24-14-9-15-25-51)52-32-28-46(2)29-33-52/h7-15,20-25,28-35,41-42,59-60,62,77,92H,4-6,16-19,26-27,36-40,43-45H2,1-3H3,(H,79,87)(H,80,86)(H,82,88)(H,83,91)/t59-,60-,62-,73-/m0/s1. The van der Waals surface area contributed by atoms with E-state index in [-0.39, 0.29) is 62.5 Å². The SMILES string of the molecule is CC[C@@]1(O)C(=O)OCc2c1cc1n(c2=O)Cc2c-1nc1cc(F)c(C)c3c1c2[C@@H](NC(=O)OCc1ccc(NC(=O)[C@H](CCCCNC(c2ccccc2)(c2ccccc2)c2ccc(C)cc2)NC(=O)[C@H](Cc2ccccc2)NC(=O)CCCCCCN=[N+]=[N-])cc1)CC3. The van der Waals surface area contributed by atoms with E-state index >= 15 is 4.39 Å². The Kier molecular flexibility index (Phi) is 20.4. The van der Waals surface area contributed by atoms with Gasteiger partial charge in [-0.15, -0.1) is 0 Å². The summed E-state index contributed by atoms with van der Waals surface area (Å²) >= 11 is 0. The number of aromatic nitrogens is 2. The zero-order valence-electron chi connectivity index (χ0n) is 53.0. The summed E-state index contributed by atoms with van der Waals surface area (Å²) in [6, 6.07) is 45.6. The normalized spacial score (nSPS) is 15.9. The Bertz CT molecular complexity index is 4180. The van der Waals surface area contributed by atoms with Crippen LogP contribution in [0.3, 0.4) is 0 Å². The Hall–Kier alpha value is -10.0. The van der Waals surface area contributed by atoms with Crippen LogP contribution in [-0.4, -0.2) is 69.6 Å². The molecular formula is C74H77FN10O9. The van der Waals surface area contributed by atoms with E-state index in [4.69, 9.17) is 20.0 Å². The van der Waals surface area contributed by atoms with Crippen molar-refractivity contribution in [3.8, 4) is 11.4 Å². The monoisotopic (exact) mass is 1270 g/mol. The number of anilines is 1. The summed E-state index contributed by atoms with van der Waals surface area (Å²) in [6.07, 6.45) is 4.61. The molecule has 0 unspecified atom stereocenters. The molecule has 0 radical (unpaired) electrons. The largest absolute Gasteiger partial charge is 0.458 e. The van der Waals surface area contributed by atoms with E-state index in [1.54, 1.807) is 44.2 Å². The number of aliphatic hydroxyl groups is 1. The number of aryl methyl sites for hydroxylation is 2. The summed E-state index contributed by atoms with van der Waals surface area (Å²) in [5.74, 6) is -2.58. The zero-order chi connectivity index (χ0) is 65.9. The smallest absolute Gasteiger partial charge is 0.407 e. The number of esters is 1. The second-order valence-corrected chi connectivity index (χ2v) is 24.6. The van der Waals surface area contributed by atoms with Crippen molar-refractivity contribution in [3.05, 3.63) is 245 Å². The van der Waals surface area contributed by atoms with Gasteiger partial charge in [0, 0.05) is 52.6 Å². The van der Waals surface area contributed by atoms with Crippen LogP contribution >= 0.6 is 0 Å². The molecule has 0 fully saturated rings. The molecule has 11 rings (SSSR count). The molecule has 8 aromatic rings. The van der Waals surface area contributed by atoms with E-state index in [0.717, 1.165) is 46.2 Å². The maximum Gasteiger partial charge on any atom is 0.407 e. The highest BCUT2D eigenvalue weighted by atomic mass is 19.1. The fourth-order valence-corrected chi connectivity index (χ4v) is 13.4. The van der Waals surface area contributed by atoms with Gasteiger partial charge in [-0.25, -0.2) is 19.0 Å². The van der Waals surface area contributed by atoms with Gasteiger partial charge >= 0.3 is 12.1 Å². The van der Waals surface area contributed by atoms with Crippen molar-refractivity contribution in [1.29, 1.82) is 0 Å². The minimum atomic E-state index is -2.05. The number of nitrogens with one attached hydrogen (secondary N) is 5. The van der Waals surface area contributed by atoms with E-state index in [0.29, 0.717) is 102 Å². The lowest BCUT2D eigenvalue weighted by molar-refractivity contribution is -0.172. The molecule has 6 N–H and O–H groups in total. The number of nitrogens with zero attached hydrogens (tertiary/aromatic N) is 5. The van der Waals surface area contributed by atoms with Gasteiger partial charge in [0.1, 0.15) is 31.1 Å². The molecule has 94 heavy (non-hydrogen) atoms. The Labute approximate surface area is 544 Å². The lowest BCUT2D eigenvalue weighted by atomic mass is 9.76. The molecule has 0 spiro atoms. The van der Waals surface area contributed by atoms with E-state index < -0.39 is 64.5 Å². The molecule has 0 saturated heterocycles. The molecule has 0 bridgehead atoms. The van der Waals surface area contributed by atoms with Gasteiger partial charge in [0.2, 0.25) is 17.7 Å². The maximum atomic E-state index is 15.6. The summed E-state index contributed by atoms with van der Waals surface area (Å²) in [6.45, 7) is 5.94. The van der Waals surface area contributed by atoms with Gasteiger partial charge in [-0.05, 0) is 140 Å². The quantitative estimate of drug-likeness (QED) is 0.00704. The van der Waals surface area contributed by atoms with Gasteiger partial charge in [-0.1, -0.05) is 158 Å². The number of benzene rings is 6. The van der Waals surface area contributed by atoms with Crippen LogP contribution in [0.2, 0.25) is 0 Å². The Morgan fingerprint density at radius 2 is 1.48 bits per heavy atom. The average molecular weight is 1270 g/mol. The molecule has 6 aromatic carbocycles. The number of pyridine rings is 2. The maximum absolute atomic E-state index is 15.6. The zero-order valence-corrected chi connectivity index (χ0v) is 53.0. The number of ether oxygens (including phenoxy) is 2. The number of carbonyl (C=O) groups excluding carboxylic acids is 5. The van der Waals surface area contributed by atoms with Crippen molar-refractivity contribution < 1.29 is 42.9 Å². The number of azide groups is 1. The van der Waals surface area contributed by atoms with E-state index in [1.165, 1.54) is 10.6 Å². The molecule has 4 heterocycles. The Morgan fingerprint density at radius 1 is 0.798 bits per heavy atom. The van der Waals surface area contributed by atoms with Crippen LogP contribution in [-0.2, 0) is 72.4 Å². The lowest BCUT2D eigenvalue weighted by Gasteiger charge is -2.37. The lowest BCUT2D eigenvalue weighted by Crippen LogP contribution is -2.53. The molecule has 2 aromatic heterocycles. The topological polar surface area (TPSA) is 268 Å². The average Bonchev–Trinajstić information content (AvgIpc) is 1.47. The van der Waals surface area contributed by atoms with Crippen LogP contribution in [0.25, 0.3) is 32.7 Å². The number of alkyl carbamates (subject to hydrolysis) is 1. The number of amides is 4. The summed E-state index contributed by atoms with van der Waals surface area (Å²) in [5, 5.41) is 31.7. The predicted octanol–water partition coefficient (Wildman–Crippen LogP) is 11.9. The summed E-state index contributed by atoms with van der Waals surface area (Å²) in [5.41, 5.74) is 15.5. The first-order valence-electron chi connectivity index (χ1n) is 32.3. The summed E-state index contributed by atoms with van der Waals surface area (Å²) in [7, 11) is 0. The van der Waals surface area contributed by atoms with Gasteiger partial charge in [0.25, 0.3) is 5.56 Å². The molecule has 20 heteroatoms. The van der Waals surface area contributed by atoms with E-state index in [1.807, 2.05) is 66.7 Å². The van der Waals surface area contributed by atoms with Gasteiger partial charge in [-0.3, -0.25) is 24.5 Å². The van der Waals surface area contributed by atoms with Crippen LogP contribution in [0, 0.1) is 19.7 Å². The fraction of sp³-hybridized carbons (Fsp3) is 0.338. The van der Waals surface area contributed by atoms with E-state index in [2.05, 4.69) is 92.1 Å². The van der Waals surface area contributed by atoms with Crippen molar-refractivity contribution in [3.63, 3.8) is 0 Å². The molecule has 484 valence electrons. The number of halogens is 1. The summed E-state index contributed by atoms with van der Waals surface area (Å²) in [4.78, 5) is 91.5. The molecule has 4 atom stereocenters. The number of cyclic esters (lactones) is 1. The first-order chi connectivity index (χ1) is 45.6. The van der Waals surface area contributed by atoms with Crippen LogP contribution in [0.1, 0.15) is 144 Å². The van der Waals surface area contributed by atoms with Gasteiger partial charge in [0.15, 0.2) is 5.60 Å². The van der Waals surface area contributed by atoms with Gasteiger partial charge in [0.05, 0.1) is 40.6 Å². The number of hydrogen-bond donors (Lipinski definition) is 6. The van der Waals surface area contributed by atoms with Crippen LogP contribution in [0.5, 0.6) is 0 Å². The molecular weight excluding hydrogens is 1190 g/mol. The number of carbonyl (C=O) groups is 5. The van der Waals surface area contributed by atoms with Crippen LogP contribution in [0.4, 0.5) is 14.9 Å². The summed E-state index contributed by atoms with van der Waals surface area (Å²) < 4.78 is 28.2. The minimum Gasteiger partial charge on any atom is -0.458 e. The van der Waals surface area contributed by atoms with Gasteiger partial charge < -0.3 is 40.4 Å². The highest BCUT2D eigenvalue weighted by Crippen LogP contribution is 2.46. The Balaban J connectivity index is 0.791. The Morgan fingerprint density at radius 3 is 2.17 bits per heavy atom. The second kappa shape index (κ2) is 29.3. The third kappa shape index (κ3) is 14.0. The molecule has 0 saturated carbocycles. The second-order valence-electron chi connectivity index (χ2n) is 24.6.